The Kier molecular flexibility index (Phi) is 8.86. The number of carbonyl (C=O) groups is 1. The van der Waals surface area contributed by atoms with Gasteiger partial charge in [0.2, 0.25) is 0 Å². The zero-order valence-electron chi connectivity index (χ0n) is 20.1. The van der Waals surface area contributed by atoms with Crippen LogP contribution in [0.5, 0.6) is 23.0 Å². The SMILES string of the molecule is COc1ccccc1OCCCOc1c(/C=C2\SC(=S)N(Cc3ccccc3)C2=O)cccc1OC. The fourth-order valence-electron chi connectivity index (χ4n) is 3.66. The van der Waals surface area contributed by atoms with Crippen LogP contribution in [-0.4, -0.2) is 42.6 Å². The Bertz CT molecular complexity index is 1250. The van der Waals surface area contributed by atoms with Gasteiger partial charge in [-0.15, -0.1) is 0 Å². The topological polar surface area (TPSA) is 57.2 Å². The number of thiocarbonyl (C=S) groups is 1. The summed E-state index contributed by atoms with van der Waals surface area (Å²) in [6.45, 7) is 1.31. The van der Waals surface area contributed by atoms with Gasteiger partial charge in [0.1, 0.15) is 4.32 Å². The standard InChI is InChI=1S/C28H27NO5S2/c1-31-22-13-6-7-14-23(22)33-16-9-17-34-26-21(12-8-15-24(26)32-2)18-25-27(30)29(28(35)36-25)19-20-10-4-3-5-11-20/h3-8,10-15,18H,9,16-17,19H2,1-2H3/b25-18-. The Morgan fingerprint density at radius 3 is 2.25 bits per heavy atom. The highest BCUT2D eigenvalue weighted by atomic mass is 32.2. The van der Waals surface area contributed by atoms with Crippen molar-refractivity contribution in [1.29, 1.82) is 0 Å². The first-order valence-electron chi connectivity index (χ1n) is 11.5. The number of para-hydroxylation sites is 3. The van der Waals surface area contributed by atoms with E-state index in [1.54, 1.807) is 19.1 Å². The molecular formula is C28H27NO5S2. The quantitative estimate of drug-likeness (QED) is 0.175. The van der Waals surface area contributed by atoms with Crippen LogP contribution in [0.25, 0.3) is 6.08 Å². The maximum Gasteiger partial charge on any atom is 0.266 e. The number of hydrogen-bond donors (Lipinski definition) is 0. The summed E-state index contributed by atoms with van der Waals surface area (Å²) in [7, 11) is 3.21. The van der Waals surface area contributed by atoms with E-state index in [0.29, 0.717) is 58.4 Å². The number of ether oxygens (including phenoxy) is 4. The van der Waals surface area contributed by atoms with Crippen LogP contribution in [0.1, 0.15) is 17.5 Å². The highest BCUT2D eigenvalue weighted by Gasteiger charge is 2.32. The van der Waals surface area contributed by atoms with Gasteiger partial charge in [-0.2, -0.15) is 0 Å². The molecule has 0 saturated carbocycles. The Morgan fingerprint density at radius 2 is 1.50 bits per heavy atom. The lowest BCUT2D eigenvalue weighted by atomic mass is 10.1. The Morgan fingerprint density at radius 1 is 0.833 bits per heavy atom. The van der Waals surface area contributed by atoms with Crippen LogP contribution < -0.4 is 18.9 Å². The summed E-state index contributed by atoms with van der Waals surface area (Å²) >= 11 is 6.79. The van der Waals surface area contributed by atoms with Gasteiger partial charge >= 0.3 is 0 Å². The first-order valence-corrected chi connectivity index (χ1v) is 12.7. The maximum atomic E-state index is 13.1. The molecular weight excluding hydrogens is 494 g/mol. The second-order valence-corrected chi connectivity index (χ2v) is 9.51. The van der Waals surface area contributed by atoms with Crippen LogP contribution >= 0.6 is 24.0 Å². The summed E-state index contributed by atoms with van der Waals surface area (Å²) in [5, 5.41) is 0. The van der Waals surface area contributed by atoms with E-state index < -0.39 is 0 Å². The first kappa shape index (κ1) is 25.6. The predicted octanol–water partition coefficient (Wildman–Crippen LogP) is 5.95. The van der Waals surface area contributed by atoms with E-state index in [9.17, 15) is 4.79 Å². The molecule has 1 heterocycles. The van der Waals surface area contributed by atoms with E-state index in [4.69, 9.17) is 31.2 Å². The molecule has 6 nitrogen and oxygen atoms in total. The van der Waals surface area contributed by atoms with E-state index in [1.165, 1.54) is 11.8 Å². The predicted molar refractivity (Wildman–Crippen MR) is 147 cm³/mol. The number of nitrogens with zero attached hydrogens (tertiary/aromatic N) is 1. The van der Waals surface area contributed by atoms with E-state index in [2.05, 4.69) is 0 Å². The van der Waals surface area contributed by atoms with Gasteiger partial charge < -0.3 is 18.9 Å². The molecule has 0 spiro atoms. The lowest BCUT2D eigenvalue weighted by molar-refractivity contribution is -0.122. The summed E-state index contributed by atoms with van der Waals surface area (Å²) in [6, 6.07) is 22.9. The monoisotopic (exact) mass is 521 g/mol. The molecule has 0 radical (unpaired) electrons. The minimum atomic E-state index is -0.118. The molecule has 0 N–H and O–H groups in total. The van der Waals surface area contributed by atoms with Gasteiger partial charge in [-0.3, -0.25) is 9.69 Å². The molecule has 3 aromatic carbocycles. The Balaban J connectivity index is 1.43. The molecule has 0 aromatic heterocycles. The number of amides is 1. The van der Waals surface area contributed by atoms with Gasteiger partial charge in [-0.1, -0.05) is 78.6 Å². The molecule has 0 aliphatic carbocycles. The fraction of sp³-hybridized carbons (Fsp3) is 0.214. The van der Waals surface area contributed by atoms with Crippen molar-refractivity contribution in [3.8, 4) is 23.0 Å². The second kappa shape index (κ2) is 12.5. The molecule has 0 unspecified atom stereocenters. The van der Waals surface area contributed by atoms with Gasteiger partial charge in [-0.25, -0.2) is 0 Å². The van der Waals surface area contributed by atoms with Crippen LogP contribution in [-0.2, 0) is 11.3 Å². The average molecular weight is 522 g/mol. The lowest BCUT2D eigenvalue weighted by Gasteiger charge is -2.15. The number of rotatable bonds is 11. The molecule has 186 valence electrons. The third-order valence-electron chi connectivity index (χ3n) is 5.43. The minimum absolute atomic E-state index is 0.118. The van der Waals surface area contributed by atoms with Gasteiger partial charge in [0.05, 0.1) is 38.9 Å². The van der Waals surface area contributed by atoms with Crippen molar-refractivity contribution < 1.29 is 23.7 Å². The number of benzene rings is 3. The highest BCUT2D eigenvalue weighted by Crippen LogP contribution is 2.38. The lowest BCUT2D eigenvalue weighted by Crippen LogP contribution is -2.27. The number of thioether (sulfide) groups is 1. The molecule has 4 rings (SSSR count). The van der Waals surface area contributed by atoms with E-state index in [0.717, 1.165) is 11.1 Å². The molecule has 3 aromatic rings. The molecule has 1 amide bonds. The highest BCUT2D eigenvalue weighted by molar-refractivity contribution is 8.26. The van der Waals surface area contributed by atoms with Crippen molar-refractivity contribution in [3.63, 3.8) is 0 Å². The van der Waals surface area contributed by atoms with Crippen LogP contribution in [0, 0.1) is 0 Å². The largest absolute Gasteiger partial charge is 0.493 e. The van der Waals surface area contributed by atoms with Crippen LogP contribution in [0.3, 0.4) is 0 Å². The van der Waals surface area contributed by atoms with Crippen molar-refractivity contribution in [2.24, 2.45) is 0 Å². The molecule has 8 heteroatoms. The second-order valence-electron chi connectivity index (χ2n) is 7.83. The van der Waals surface area contributed by atoms with Crippen LogP contribution in [0.2, 0.25) is 0 Å². The summed E-state index contributed by atoms with van der Waals surface area (Å²) in [6.07, 6.45) is 2.46. The van der Waals surface area contributed by atoms with Gasteiger partial charge in [0.15, 0.2) is 23.0 Å². The van der Waals surface area contributed by atoms with E-state index in [1.807, 2.05) is 78.9 Å². The van der Waals surface area contributed by atoms with Crippen molar-refractivity contribution in [3.05, 3.63) is 88.8 Å². The first-order chi connectivity index (χ1) is 17.6. The van der Waals surface area contributed by atoms with Gasteiger partial charge in [-0.05, 0) is 29.8 Å². The van der Waals surface area contributed by atoms with Gasteiger partial charge in [0, 0.05) is 12.0 Å². The van der Waals surface area contributed by atoms with Crippen molar-refractivity contribution in [1.82, 2.24) is 4.90 Å². The molecule has 36 heavy (non-hydrogen) atoms. The van der Waals surface area contributed by atoms with Crippen molar-refractivity contribution in [2.45, 2.75) is 13.0 Å². The Labute approximate surface area is 220 Å². The smallest absolute Gasteiger partial charge is 0.266 e. The zero-order valence-corrected chi connectivity index (χ0v) is 21.8. The molecule has 1 fully saturated rings. The maximum absolute atomic E-state index is 13.1. The number of methoxy groups -OCH3 is 2. The normalized spacial score (nSPS) is 14.3. The molecule has 1 aliphatic heterocycles. The van der Waals surface area contributed by atoms with Crippen molar-refractivity contribution in [2.75, 3.05) is 27.4 Å². The zero-order chi connectivity index (χ0) is 25.3. The average Bonchev–Trinajstić information content (AvgIpc) is 3.17. The van der Waals surface area contributed by atoms with Crippen LogP contribution in [0.4, 0.5) is 0 Å². The molecule has 1 saturated heterocycles. The third kappa shape index (κ3) is 6.19. The van der Waals surface area contributed by atoms with Gasteiger partial charge in [0.25, 0.3) is 5.91 Å². The fourth-order valence-corrected chi connectivity index (χ4v) is 4.90. The van der Waals surface area contributed by atoms with Crippen molar-refractivity contribution >= 4 is 40.3 Å². The Hall–Kier alpha value is -3.49. The molecule has 0 atom stereocenters. The van der Waals surface area contributed by atoms with E-state index in [-0.39, 0.29) is 5.91 Å². The third-order valence-corrected chi connectivity index (χ3v) is 6.81. The summed E-state index contributed by atoms with van der Waals surface area (Å²) in [5.41, 5.74) is 1.77. The summed E-state index contributed by atoms with van der Waals surface area (Å²) < 4.78 is 23.3. The van der Waals surface area contributed by atoms with E-state index >= 15 is 0 Å². The van der Waals surface area contributed by atoms with Crippen LogP contribution in [0.15, 0.2) is 77.7 Å². The minimum Gasteiger partial charge on any atom is -0.493 e. The molecule has 0 bridgehead atoms. The molecule has 1 aliphatic rings. The number of carbonyl (C=O) groups excluding carboxylic acids is 1. The number of hydrogen-bond acceptors (Lipinski definition) is 7. The summed E-state index contributed by atoms with van der Waals surface area (Å²) in [4.78, 5) is 15.3. The summed E-state index contributed by atoms with van der Waals surface area (Å²) in [5.74, 6) is 2.43.